The maximum Gasteiger partial charge on any atom is 0.100 e. The van der Waals surface area contributed by atoms with Gasteiger partial charge in [-0.1, -0.05) is 12.2 Å². The topological polar surface area (TPSA) is 15.3 Å². The molecule has 1 heterocycles. The van der Waals surface area contributed by atoms with Crippen molar-refractivity contribution in [2.75, 3.05) is 0 Å². The number of nitrogens with one attached hydrogen (secondary N) is 1. The fourth-order valence-corrected chi connectivity index (χ4v) is 3.02. The molecule has 0 aromatic rings. The van der Waals surface area contributed by atoms with Gasteiger partial charge in [-0.25, -0.2) is 0 Å². The first-order valence-electron chi connectivity index (χ1n) is 6.51. The summed E-state index contributed by atoms with van der Waals surface area (Å²) in [6, 6.07) is 0. The van der Waals surface area contributed by atoms with Gasteiger partial charge < -0.3 is 10.2 Å². The van der Waals surface area contributed by atoms with E-state index >= 15 is 0 Å². The minimum absolute atomic E-state index is 0.442. The third-order valence-electron chi connectivity index (χ3n) is 3.76. The van der Waals surface area contributed by atoms with Crippen LogP contribution in [0.3, 0.4) is 0 Å². The molecule has 1 N–H and O–H groups in total. The molecule has 0 amide bonds. The van der Waals surface area contributed by atoms with Gasteiger partial charge in [-0.05, 0) is 51.5 Å². The Morgan fingerprint density at radius 3 is 3.00 bits per heavy atom. The van der Waals surface area contributed by atoms with Crippen LogP contribution in [-0.4, -0.2) is 11.1 Å². The maximum absolute atomic E-state index is 3.58. The van der Waals surface area contributed by atoms with E-state index in [4.69, 9.17) is 0 Å². The molecule has 2 nitrogen and oxygen atoms in total. The largest absolute Gasteiger partial charge is 0.364 e. The summed E-state index contributed by atoms with van der Waals surface area (Å²) in [6.45, 7) is 2.27. The highest BCUT2D eigenvalue weighted by Gasteiger charge is 2.30. The van der Waals surface area contributed by atoms with Crippen LogP contribution >= 0.6 is 0 Å². The number of hydrogen-bond acceptors (Lipinski definition) is 2. The van der Waals surface area contributed by atoms with E-state index in [-0.39, 0.29) is 0 Å². The molecule has 0 bridgehead atoms. The van der Waals surface area contributed by atoms with E-state index < -0.39 is 0 Å². The Morgan fingerprint density at radius 1 is 1.25 bits per heavy atom. The minimum Gasteiger partial charge on any atom is -0.364 e. The summed E-state index contributed by atoms with van der Waals surface area (Å²) in [5.41, 5.74) is 4.42. The molecule has 3 rings (SSSR count). The Bertz CT molecular complexity index is 376. The fourth-order valence-electron chi connectivity index (χ4n) is 3.02. The molecule has 2 heteroatoms. The molecule has 1 aliphatic heterocycles. The molecule has 0 aromatic carbocycles. The van der Waals surface area contributed by atoms with Crippen LogP contribution in [0.25, 0.3) is 0 Å². The monoisotopic (exact) mass is 216 g/mol. The van der Waals surface area contributed by atoms with Gasteiger partial charge in [0.15, 0.2) is 0 Å². The third-order valence-corrected chi connectivity index (χ3v) is 3.76. The summed E-state index contributed by atoms with van der Waals surface area (Å²) in [5, 5.41) is 3.58. The first-order valence-corrected chi connectivity index (χ1v) is 6.51. The van der Waals surface area contributed by atoms with Crippen molar-refractivity contribution in [2.24, 2.45) is 0 Å². The van der Waals surface area contributed by atoms with Gasteiger partial charge in [0, 0.05) is 11.4 Å². The van der Waals surface area contributed by atoms with Crippen LogP contribution in [-0.2, 0) is 0 Å². The molecule has 0 fully saturated rings. The average Bonchev–Trinajstić information content (AvgIpc) is 2.66. The highest BCUT2D eigenvalue weighted by Crippen LogP contribution is 2.34. The highest BCUT2D eigenvalue weighted by atomic mass is 15.3. The minimum atomic E-state index is 0.442. The predicted octanol–water partition coefficient (Wildman–Crippen LogP) is 3.26. The van der Waals surface area contributed by atoms with E-state index in [2.05, 4.69) is 35.4 Å². The quantitative estimate of drug-likeness (QED) is 0.723. The smallest absolute Gasteiger partial charge is 0.100 e. The molecule has 0 spiro atoms. The van der Waals surface area contributed by atoms with E-state index in [1.54, 1.807) is 5.70 Å². The molecule has 0 saturated carbocycles. The predicted molar refractivity (Wildman–Crippen MR) is 66.4 cm³/mol. The number of nitrogens with zero attached hydrogens (tertiary/aromatic N) is 1. The lowest BCUT2D eigenvalue weighted by atomic mass is 10.0. The lowest BCUT2D eigenvalue weighted by Gasteiger charge is -2.31. The standard InChI is InChI=1S/C14H20N2/c1-11-15-13-9-5-6-10-14(13)16(11)12-7-3-2-4-8-12/h5,7,9,11,15H,2-4,6,8,10H2,1H3. The number of hydrogen-bond donors (Lipinski definition) is 1. The van der Waals surface area contributed by atoms with Crippen molar-refractivity contribution in [3.8, 4) is 0 Å². The third kappa shape index (κ3) is 1.57. The van der Waals surface area contributed by atoms with Crippen LogP contribution in [0.1, 0.15) is 45.4 Å². The van der Waals surface area contributed by atoms with Crippen molar-refractivity contribution in [3.63, 3.8) is 0 Å². The van der Waals surface area contributed by atoms with Crippen LogP contribution < -0.4 is 5.32 Å². The molecule has 16 heavy (non-hydrogen) atoms. The Morgan fingerprint density at radius 2 is 2.19 bits per heavy atom. The fraction of sp³-hybridized carbons (Fsp3) is 0.571. The van der Waals surface area contributed by atoms with Crippen LogP contribution in [0.2, 0.25) is 0 Å². The average molecular weight is 216 g/mol. The van der Waals surface area contributed by atoms with Gasteiger partial charge in [0.1, 0.15) is 6.17 Å². The van der Waals surface area contributed by atoms with Crippen molar-refractivity contribution in [1.82, 2.24) is 10.2 Å². The Balaban J connectivity index is 1.91. The second kappa shape index (κ2) is 4.00. The molecular weight excluding hydrogens is 196 g/mol. The van der Waals surface area contributed by atoms with Crippen molar-refractivity contribution in [3.05, 3.63) is 35.3 Å². The Kier molecular flexibility index (Phi) is 2.50. The lowest BCUT2D eigenvalue weighted by Crippen LogP contribution is -2.34. The summed E-state index contributed by atoms with van der Waals surface area (Å²) in [5.74, 6) is 0. The molecule has 0 radical (unpaired) electrons. The van der Waals surface area contributed by atoms with Crippen molar-refractivity contribution in [2.45, 2.75) is 51.6 Å². The van der Waals surface area contributed by atoms with Gasteiger partial charge in [-0.3, -0.25) is 0 Å². The highest BCUT2D eigenvalue weighted by molar-refractivity contribution is 5.35. The normalized spacial score (nSPS) is 28.9. The molecule has 1 atom stereocenters. The summed E-state index contributed by atoms with van der Waals surface area (Å²) in [4.78, 5) is 2.54. The van der Waals surface area contributed by atoms with Gasteiger partial charge in [0.2, 0.25) is 0 Å². The van der Waals surface area contributed by atoms with Crippen LogP contribution in [0.5, 0.6) is 0 Å². The Labute approximate surface area is 97.7 Å². The zero-order valence-electron chi connectivity index (χ0n) is 10.00. The molecule has 0 saturated heterocycles. The number of rotatable bonds is 1. The molecule has 1 unspecified atom stereocenters. The SMILES string of the molecule is CC1NC2=C(CCC=C2)N1C1=CCCCC1. The first kappa shape index (κ1) is 10.0. The van der Waals surface area contributed by atoms with Crippen LogP contribution in [0, 0.1) is 0 Å². The second-order valence-electron chi connectivity index (χ2n) is 4.93. The molecular formula is C14H20N2. The summed E-state index contributed by atoms with van der Waals surface area (Å²) in [7, 11) is 0. The van der Waals surface area contributed by atoms with E-state index in [9.17, 15) is 0 Å². The molecule has 0 aromatic heterocycles. The van der Waals surface area contributed by atoms with E-state index in [1.165, 1.54) is 49.9 Å². The second-order valence-corrected chi connectivity index (χ2v) is 4.93. The summed E-state index contributed by atoms with van der Waals surface area (Å²) < 4.78 is 0. The maximum atomic E-state index is 3.58. The zero-order chi connectivity index (χ0) is 11.0. The molecule has 2 aliphatic carbocycles. The summed E-state index contributed by atoms with van der Waals surface area (Å²) in [6.07, 6.45) is 15.0. The molecule has 3 aliphatic rings. The van der Waals surface area contributed by atoms with Crippen molar-refractivity contribution < 1.29 is 0 Å². The lowest BCUT2D eigenvalue weighted by molar-refractivity contribution is 0.314. The van der Waals surface area contributed by atoms with E-state index in [0.717, 1.165) is 0 Å². The van der Waals surface area contributed by atoms with Gasteiger partial charge in [-0.15, -0.1) is 0 Å². The van der Waals surface area contributed by atoms with Crippen LogP contribution in [0.15, 0.2) is 35.3 Å². The summed E-state index contributed by atoms with van der Waals surface area (Å²) >= 11 is 0. The van der Waals surface area contributed by atoms with Gasteiger partial charge in [0.05, 0.1) is 5.70 Å². The van der Waals surface area contributed by atoms with E-state index in [0.29, 0.717) is 6.17 Å². The zero-order valence-corrected chi connectivity index (χ0v) is 10.00. The number of allylic oxidation sites excluding steroid dienone is 5. The van der Waals surface area contributed by atoms with Crippen LogP contribution in [0.4, 0.5) is 0 Å². The molecule has 86 valence electrons. The van der Waals surface area contributed by atoms with Gasteiger partial charge in [-0.2, -0.15) is 0 Å². The van der Waals surface area contributed by atoms with Gasteiger partial charge in [0.25, 0.3) is 0 Å². The Hall–Kier alpha value is -1.18. The first-order chi connectivity index (χ1) is 7.86. The van der Waals surface area contributed by atoms with E-state index in [1.807, 2.05) is 0 Å². The van der Waals surface area contributed by atoms with Crippen molar-refractivity contribution in [1.29, 1.82) is 0 Å². The van der Waals surface area contributed by atoms with Gasteiger partial charge >= 0.3 is 0 Å². The van der Waals surface area contributed by atoms with Crippen molar-refractivity contribution >= 4 is 0 Å².